The van der Waals surface area contributed by atoms with Crippen LogP contribution in [-0.4, -0.2) is 39.7 Å². The molecule has 2 saturated heterocycles. The highest BCUT2D eigenvalue weighted by Crippen LogP contribution is 2.38. The molecule has 1 aromatic heterocycles. The molecule has 0 spiro atoms. The molecule has 74 valence electrons. The van der Waals surface area contributed by atoms with Crippen LogP contribution in [-0.2, 0) is 0 Å². The maximum absolute atomic E-state index is 4.47. The average molecular weight is 190 g/mol. The van der Waals surface area contributed by atoms with E-state index in [1.807, 2.05) is 13.1 Å². The SMILES string of the molecule is Cc1nncc([C@H]2CN3CC[C@H]2C3)n1. The number of hydrogen-bond acceptors (Lipinski definition) is 4. The number of piperidine rings is 1. The number of aromatic nitrogens is 3. The highest BCUT2D eigenvalue weighted by Gasteiger charge is 2.39. The van der Waals surface area contributed by atoms with E-state index in [4.69, 9.17) is 0 Å². The summed E-state index contributed by atoms with van der Waals surface area (Å²) in [6.45, 7) is 5.61. The molecule has 0 aromatic carbocycles. The lowest BCUT2D eigenvalue weighted by Crippen LogP contribution is -2.23. The molecular weight excluding hydrogens is 176 g/mol. The number of hydrogen-bond donors (Lipinski definition) is 0. The minimum absolute atomic E-state index is 0.609. The molecule has 0 radical (unpaired) electrons. The average Bonchev–Trinajstić information content (AvgIpc) is 2.78. The van der Waals surface area contributed by atoms with E-state index in [9.17, 15) is 0 Å². The molecule has 4 nitrogen and oxygen atoms in total. The first-order valence-electron chi connectivity index (χ1n) is 5.21. The maximum atomic E-state index is 4.47. The molecule has 1 aromatic rings. The van der Waals surface area contributed by atoms with Crippen molar-refractivity contribution < 1.29 is 0 Å². The summed E-state index contributed by atoms with van der Waals surface area (Å²) in [5.41, 5.74) is 1.14. The smallest absolute Gasteiger partial charge is 0.148 e. The van der Waals surface area contributed by atoms with Crippen LogP contribution in [0.2, 0.25) is 0 Å². The first-order chi connectivity index (χ1) is 6.83. The largest absolute Gasteiger partial charge is 0.302 e. The van der Waals surface area contributed by atoms with Gasteiger partial charge in [0.2, 0.25) is 0 Å². The van der Waals surface area contributed by atoms with Crippen molar-refractivity contribution in [2.45, 2.75) is 19.3 Å². The van der Waals surface area contributed by atoms with Crippen LogP contribution >= 0.6 is 0 Å². The Bertz CT molecular complexity index is 352. The van der Waals surface area contributed by atoms with Crippen LogP contribution in [0.4, 0.5) is 0 Å². The molecule has 14 heavy (non-hydrogen) atoms. The highest BCUT2D eigenvalue weighted by atomic mass is 15.2. The Morgan fingerprint density at radius 3 is 3.00 bits per heavy atom. The van der Waals surface area contributed by atoms with E-state index >= 15 is 0 Å². The third-order valence-electron chi connectivity index (χ3n) is 3.40. The quantitative estimate of drug-likeness (QED) is 0.650. The van der Waals surface area contributed by atoms with Crippen molar-refractivity contribution in [3.8, 4) is 0 Å². The number of nitrogens with zero attached hydrogens (tertiary/aromatic N) is 4. The zero-order valence-electron chi connectivity index (χ0n) is 8.35. The summed E-state index contributed by atoms with van der Waals surface area (Å²) in [6, 6.07) is 0. The van der Waals surface area contributed by atoms with Gasteiger partial charge in [-0.1, -0.05) is 0 Å². The second kappa shape index (κ2) is 2.98. The van der Waals surface area contributed by atoms with Gasteiger partial charge >= 0.3 is 0 Å². The fourth-order valence-corrected chi connectivity index (χ4v) is 2.71. The standard InChI is InChI=1S/C10H14N4/c1-7-12-10(4-11-13-7)9-6-14-3-2-8(9)5-14/h4,8-9H,2-3,5-6H2,1H3/t8-,9-/m0/s1. The van der Waals surface area contributed by atoms with Crippen molar-refractivity contribution in [2.75, 3.05) is 19.6 Å². The van der Waals surface area contributed by atoms with Crippen molar-refractivity contribution in [3.63, 3.8) is 0 Å². The van der Waals surface area contributed by atoms with Gasteiger partial charge in [-0.25, -0.2) is 4.98 Å². The van der Waals surface area contributed by atoms with Crippen LogP contribution < -0.4 is 0 Å². The highest BCUT2D eigenvalue weighted by molar-refractivity contribution is 5.12. The van der Waals surface area contributed by atoms with Crippen LogP contribution in [0, 0.1) is 12.8 Å². The summed E-state index contributed by atoms with van der Waals surface area (Å²) in [4.78, 5) is 6.99. The van der Waals surface area contributed by atoms with Crippen LogP contribution in [0.3, 0.4) is 0 Å². The van der Waals surface area contributed by atoms with Crippen molar-refractivity contribution in [1.82, 2.24) is 20.1 Å². The van der Waals surface area contributed by atoms with Crippen LogP contribution in [0.1, 0.15) is 23.9 Å². The molecule has 2 aliphatic rings. The number of fused-ring (bicyclic) bond motifs is 2. The Morgan fingerprint density at radius 2 is 2.36 bits per heavy atom. The second-order valence-corrected chi connectivity index (χ2v) is 4.34. The van der Waals surface area contributed by atoms with Crippen molar-refractivity contribution >= 4 is 0 Å². The molecule has 0 amide bonds. The molecule has 3 atom stereocenters. The summed E-state index contributed by atoms with van der Waals surface area (Å²) in [6.07, 6.45) is 3.16. The molecule has 4 heteroatoms. The molecule has 2 bridgehead atoms. The van der Waals surface area contributed by atoms with Crippen LogP contribution in [0.25, 0.3) is 0 Å². The van der Waals surface area contributed by atoms with Crippen molar-refractivity contribution in [2.24, 2.45) is 5.92 Å². The van der Waals surface area contributed by atoms with Crippen LogP contribution in [0.15, 0.2) is 6.20 Å². The predicted octanol–water partition coefficient (Wildman–Crippen LogP) is 0.599. The number of rotatable bonds is 1. The van der Waals surface area contributed by atoms with E-state index in [1.54, 1.807) is 0 Å². The normalized spacial score (nSPS) is 35.1. The zero-order valence-corrected chi connectivity index (χ0v) is 8.35. The minimum Gasteiger partial charge on any atom is -0.302 e. The monoisotopic (exact) mass is 190 g/mol. The van der Waals surface area contributed by atoms with Crippen molar-refractivity contribution in [3.05, 3.63) is 17.7 Å². The third-order valence-corrected chi connectivity index (χ3v) is 3.40. The Kier molecular flexibility index (Phi) is 1.77. The number of aryl methyl sites for hydroxylation is 1. The Balaban J connectivity index is 1.89. The minimum atomic E-state index is 0.609. The molecule has 0 aliphatic carbocycles. The van der Waals surface area contributed by atoms with Gasteiger partial charge in [-0.3, -0.25) is 0 Å². The van der Waals surface area contributed by atoms with E-state index in [0.717, 1.165) is 17.4 Å². The van der Waals surface area contributed by atoms with Gasteiger partial charge in [0.15, 0.2) is 0 Å². The van der Waals surface area contributed by atoms with E-state index in [2.05, 4.69) is 20.1 Å². The summed E-state index contributed by atoms with van der Waals surface area (Å²) in [5.74, 6) is 2.21. The van der Waals surface area contributed by atoms with Gasteiger partial charge < -0.3 is 4.90 Å². The lowest BCUT2D eigenvalue weighted by molar-refractivity contribution is 0.343. The topological polar surface area (TPSA) is 41.9 Å². The second-order valence-electron chi connectivity index (χ2n) is 4.34. The summed E-state index contributed by atoms with van der Waals surface area (Å²) >= 11 is 0. The van der Waals surface area contributed by atoms with Gasteiger partial charge in [0.25, 0.3) is 0 Å². The summed E-state index contributed by atoms with van der Waals surface area (Å²) < 4.78 is 0. The fourth-order valence-electron chi connectivity index (χ4n) is 2.71. The van der Waals surface area contributed by atoms with E-state index in [0.29, 0.717) is 5.92 Å². The molecule has 1 unspecified atom stereocenters. The Labute approximate surface area is 83.4 Å². The molecular formula is C10H14N4. The molecule has 0 N–H and O–H groups in total. The maximum Gasteiger partial charge on any atom is 0.148 e. The predicted molar refractivity (Wildman–Crippen MR) is 51.9 cm³/mol. The lowest BCUT2D eigenvalue weighted by Gasteiger charge is -2.20. The third kappa shape index (κ3) is 1.21. The molecule has 0 saturated carbocycles. The van der Waals surface area contributed by atoms with E-state index < -0.39 is 0 Å². The van der Waals surface area contributed by atoms with Gasteiger partial charge in [-0.15, -0.1) is 5.10 Å². The molecule has 2 fully saturated rings. The summed E-state index contributed by atoms with van der Waals surface area (Å²) in [7, 11) is 0. The van der Waals surface area contributed by atoms with Crippen LogP contribution in [0.5, 0.6) is 0 Å². The van der Waals surface area contributed by atoms with Gasteiger partial charge in [0.1, 0.15) is 5.82 Å². The first kappa shape index (κ1) is 8.29. The molecule has 3 rings (SSSR count). The van der Waals surface area contributed by atoms with Gasteiger partial charge in [-0.2, -0.15) is 5.10 Å². The first-order valence-corrected chi connectivity index (χ1v) is 5.21. The Morgan fingerprint density at radius 1 is 1.43 bits per heavy atom. The van der Waals surface area contributed by atoms with Crippen molar-refractivity contribution in [1.29, 1.82) is 0 Å². The van der Waals surface area contributed by atoms with Gasteiger partial charge in [-0.05, 0) is 25.8 Å². The molecule has 3 heterocycles. The van der Waals surface area contributed by atoms with E-state index in [1.165, 1.54) is 26.1 Å². The van der Waals surface area contributed by atoms with Gasteiger partial charge in [0, 0.05) is 19.0 Å². The Hall–Kier alpha value is -1.03. The van der Waals surface area contributed by atoms with Gasteiger partial charge in [0.05, 0.1) is 11.9 Å². The zero-order chi connectivity index (χ0) is 9.54. The van der Waals surface area contributed by atoms with E-state index in [-0.39, 0.29) is 0 Å². The fraction of sp³-hybridized carbons (Fsp3) is 0.700. The summed E-state index contributed by atoms with van der Waals surface area (Å²) in [5, 5.41) is 7.88. The lowest BCUT2D eigenvalue weighted by atomic mass is 9.90. The molecule has 2 aliphatic heterocycles.